The lowest BCUT2D eigenvalue weighted by molar-refractivity contribution is -0.385. The Hall–Kier alpha value is -3.28. The number of nitro benzene ring substituents is 1. The number of aryl methyl sites for hydroxylation is 1. The van der Waals surface area contributed by atoms with Crippen LogP contribution in [0.1, 0.15) is 31.8 Å². The lowest BCUT2D eigenvalue weighted by Gasteiger charge is -2.02. The molecule has 0 radical (unpaired) electrons. The van der Waals surface area contributed by atoms with Crippen molar-refractivity contribution in [2.45, 2.75) is 6.92 Å². The molecule has 0 aliphatic carbocycles. The van der Waals surface area contributed by atoms with Crippen molar-refractivity contribution in [1.29, 1.82) is 0 Å². The molecule has 116 valence electrons. The van der Waals surface area contributed by atoms with E-state index in [2.05, 4.69) is 0 Å². The number of rotatable bonds is 5. The number of aromatic carboxylic acids is 1. The molecule has 2 aromatic carbocycles. The minimum absolute atomic E-state index is 0.0441. The van der Waals surface area contributed by atoms with Crippen molar-refractivity contribution < 1.29 is 19.6 Å². The highest BCUT2D eigenvalue weighted by Gasteiger charge is 2.13. The average molecular weight is 310 g/mol. The van der Waals surface area contributed by atoms with Crippen LogP contribution in [0.4, 0.5) is 5.69 Å². The summed E-state index contributed by atoms with van der Waals surface area (Å²) in [6.45, 7) is 1.60. The summed E-state index contributed by atoms with van der Waals surface area (Å²) in [6.07, 6.45) is 2.79. The fraction of sp³-hybridized carbons (Fsp3) is 0.0588. The molecule has 0 bridgehead atoms. The molecule has 0 aliphatic heterocycles. The van der Waals surface area contributed by atoms with Gasteiger partial charge in [-0.25, -0.2) is 0 Å². The van der Waals surface area contributed by atoms with Gasteiger partial charge in [0, 0.05) is 17.2 Å². The van der Waals surface area contributed by atoms with E-state index in [0.29, 0.717) is 11.1 Å². The molecular formula is C17H12NO5-. The summed E-state index contributed by atoms with van der Waals surface area (Å²) in [6, 6.07) is 10.1. The molecule has 0 saturated heterocycles. The molecule has 2 aromatic rings. The number of carboxylic acid groups (broad SMARTS) is 1. The normalized spacial score (nSPS) is 10.7. The van der Waals surface area contributed by atoms with Crippen LogP contribution in [0, 0.1) is 17.0 Å². The van der Waals surface area contributed by atoms with Crippen molar-refractivity contribution in [1.82, 2.24) is 0 Å². The van der Waals surface area contributed by atoms with Crippen LogP contribution >= 0.6 is 0 Å². The second-order valence-corrected chi connectivity index (χ2v) is 4.87. The van der Waals surface area contributed by atoms with Crippen LogP contribution in [0.15, 0.2) is 48.5 Å². The number of allylic oxidation sites excluding steroid dienone is 1. The molecule has 0 heterocycles. The maximum atomic E-state index is 12.1. The Balaban J connectivity index is 2.19. The minimum Gasteiger partial charge on any atom is -0.545 e. The Morgan fingerprint density at radius 1 is 1.04 bits per heavy atom. The molecule has 0 amide bonds. The Labute approximate surface area is 131 Å². The predicted octanol–water partition coefficient (Wildman–Crippen LogP) is 2.16. The van der Waals surface area contributed by atoms with Gasteiger partial charge in [-0.1, -0.05) is 42.5 Å². The van der Waals surface area contributed by atoms with E-state index in [-0.39, 0.29) is 22.6 Å². The zero-order chi connectivity index (χ0) is 17.0. The van der Waals surface area contributed by atoms with Gasteiger partial charge >= 0.3 is 0 Å². The van der Waals surface area contributed by atoms with Crippen molar-refractivity contribution >= 4 is 23.5 Å². The van der Waals surface area contributed by atoms with Gasteiger partial charge in [-0.2, -0.15) is 0 Å². The zero-order valence-electron chi connectivity index (χ0n) is 12.2. The van der Waals surface area contributed by atoms with Gasteiger partial charge in [0.25, 0.3) is 5.69 Å². The Kier molecular flexibility index (Phi) is 4.66. The number of benzene rings is 2. The van der Waals surface area contributed by atoms with Crippen molar-refractivity contribution in [3.63, 3.8) is 0 Å². The maximum absolute atomic E-state index is 12.1. The number of nitrogens with zero attached hydrogens (tertiary/aromatic N) is 1. The highest BCUT2D eigenvalue weighted by atomic mass is 16.6. The largest absolute Gasteiger partial charge is 0.545 e. The highest BCUT2D eigenvalue weighted by molar-refractivity contribution is 6.07. The minimum atomic E-state index is -1.27. The van der Waals surface area contributed by atoms with E-state index in [1.165, 1.54) is 54.6 Å². The first kappa shape index (κ1) is 16.1. The fourth-order valence-corrected chi connectivity index (χ4v) is 1.96. The summed E-state index contributed by atoms with van der Waals surface area (Å²) < 4.78 is 0. The lowest BCUT2D eigenvalue weighted by atomic mass is 10.1. The quantitative estimate of drug-likeness (QED) is 0.364. The molecule has 23 heavy (non-hydrogen) atoms. The van der Waals surface area contributed by atoms with Crippen molar-refractivity contribution in [2.24, 2.45) is 0 Å². The summed E-state index contributed by atoms with van der Waals surface area (Å²) in [7, 11) is 0. The van der Waals surface area contributed by atoms with Crippen LogP contribution in [0.2, 0.25) is 0 Å². The number of ketones is 1. The van der Waals surface area contributed by atoms with Crippen molar-refractivity contribution in [2.75, 3.05) is 0 Å². The first-order valence-corrected chi connectivity index (χ1v) is 6.67. The third-order valence-corrected chi connectivity index (χ3v) is 3.26. The molecule has 0 fully saturated rings. The van der Waals surface area contributed by atoms with E-state index >= 15 is 0 Å². The second-order valence-electron chi connectivity index (χ2n) is 4.87. The van der Waals surface area contributed by atoms with E-state index in [4.69, 9.17) is 0 Å². The van der Waals surface area contributed by atoms with Crippen LogP contribution in [-0.2, 0) is 0 Å². The van der Waals surface area contributed by atoms with Gasteiger partial charge in [0.2, 0.25) is 0 Å². The van der Waals surface area contributed by atoms with Crippen molar-refractivity contribution in [3.8, 4) is 0 Å². The number of nitro groups is 1. The molecule has 6 nitrogen and oxygen atoms in total. The number of hydrogen-bond donors (Lipinski definition) is 0. The monoisotopic (exact) mass is 310 g/mol. The standard InChI is InChI=1S/C17H13NO5/c1-11-2-6-14(10-15(11)18(22)23)16(19)9-5-12-3-7-13(8-4-12)17(20)21/h2-10H,1H3,(H,20,21)/p-1/b9-5+. The fourth-order valence-electron chi connectivity index (χ4n) is 1.96. The number of hydrogen-bond acceptors (Lipinski definition) is 5. The van der Waals surface area contributed by atoms with Gasteiger partial charge < -0.3 is 9.90 Å². The SMILES string of the molecule is Cc1ccc(C(=O)/C=C/c2ccc(C(=O)[O-])cc2)cc1[N+](=O)[O-]. The first-order valence-electron chi connectivity index (χ1n) is 6.67. The summed E-state index contributed by atoms with van der Waals surface area (Å²) in [4.78, 5) is 33.1. The number of carbonyl (C=O) groups excluding carboxylic acids is 2. The second kappa shape index (κ2) is 6.65. The molecule has 6 heteroatoms. The van der Waals surface area contributed by atoms with Crippen LogP contribution < -0.4 is 5.11 Å². The summed E-state index contributed by atoms with van der Waals surface area (Å²) in [5.74, 6) is -1.65. The van der Waals surface area contributed by atoms with Crippen LogP contribution in [0.25, 0.3) is 6.08 Å². The summed E-state index contributed by atoms with van der Waals surface area (Å²) >= 11 is 0. The summed E-state index contributed by atoms with van der Waals surface area (Å²) in [5.41, 5.74) is 1.26. The molecule has 2 rings (SSSR count). The van der Waals surface area contributed by atoms with Gasteiger partial charge in [-0.05, 0) is 24.1 Å². The van der Waals surface area contributed by atoms with Gasteiger partial charge in [-0.3, -0.25) is 14.9 Å². The predicted molar refractivity (Wildman–Crippen MR) is 82.0 cm³/mol. The molecule has 0 aromatic heterocycles. The van der Waals surface area contributed by atoms with Gasteiger partial charge in [0.15, 0.2) is 5.78 Å². The maximum Gasteiger partial charge on any atom is 0.273 e. The molecule has 0 spiro atoms. The lowest BCUT2D eigenvalue weighted by Crippen LogP contribution is -2.21. The van der Waals surface area contributed by atoms with Gasteiger partial charge in [0.05, 0.1) is 10.9 Å². The van der Waals surface area contributed by atoms with Crippen LogP contribution in [0.3, 0.4) is 0 Å². The molecule has 0 unspecified atom stereocenters. The van der Waals surface area contributed by atoms with E-state index in [1.807, 2.05) is 0 Å². The molecule has 0 N–H and O–H groups in total. The third-order valence-electron chi connectivity index (χ3n) is 3.26. The first-order chi connectivity index (χ1) is 10.9. The number of carboxylic acids is 1. The average Bonchev–Trinajstić information content (AvgIpc) is 2.53. The van der Waals surface area contributed by atoms with Crippen LogP contribution in [0.5, 0.6) is 0 Å². The Morgan fingerprint density at radius 2 is 1.65 bits per heavy atom. The van der Waals surface area contributed by atoms with Crippen molar-refractivity contribution in [3.05, 3.63) is 80.9 Å². The van der Waals surface area contributed by atoms with Crippen LogP contribution in [-0.4, -0.2) is 16.7 Å². The van der Waals surface area contributed by atoms with E-state index in [0.717, 1.165) is 0 Å². The van der Waals surface area contributed by atoms with E-state index in [9.17, 15) is 24.8 Å². The van der Waals surface area contributed by atoms with Gasteiger partial charge in [0.1, 0.15) is 0 Å². The van der Waals surface area contributed by atoms with E-state index < -0.39 is 10.9 Å². The molecule has 0 atom stereocenters. The summed E-state index contributed by atoms with van der Waals surface area (Å²) in [5, 5.41) is 21.5. The third kappa shape index (κ3) is 3.88. The molecular weight excluding hydrogens is 298 g/mol. The van der Waals surface area contributed by atoms with Gasteiger partial charge in [-0.15, -0.1) is 0 Å². The molecule has 0 aliphatic rings. The number of carbonyl (C=O) groups is 2. The van der Waals surface area contributed by atoms with E-state index in [1.54, 1.807) is 6.92 Å². The Morgan fingerprint density at radius 3 is 2.22 bits per heavy atom. The topological polar surface area (TPSA) is 100 Å². The zero-order valence-corrected chi connectivity index (χ0v) is 12.2. The molecule has 0 saturated carbocycles. The smallest absolute Gasteiger partial charge is 0.273 e. The highest BCUT2D eigenvalue weighted by Crippen LogP contribution is 2.20. The Bertz CT molecular complexity index is 806.